The first-order valence-corrected chi connectivity index (χ1v) is 9.86. The number of phenolic OH excluding ortho intramolecular Hbond substituents is 4. The van der Waals surface area contributed by atoms with E-state index < -0.39 is 5.97 Å². The highest BCUT2D eigenvalue weighted by Crippen LogP contribution is 2.33. The lowest BCUT2D eigenvalue weighted by Gasteiger charge is -2.20. The van der Waals surface area contributed by atoms with Crippen LogP contribution in [0.4, 0.5) is 0 Å². The van der Waals surface area contributed by atoms with Crippen molar-refractivity contribution < 1.29 is 30.3 Å². The topological polar surface area (TPSA) is 118 Å². The molecule has 0 saturated heterocycles. The van der Waals surface area contributed by atoms with Crippen LogP contribution in [0.25, 0.3) is 0 Å². The van der Waals surface area contributed by atoms with Crippen molar-refractivity contribution in [2.24, 2.45) is 0 Å². The summed E-state index contributed by atoms with van der Waals surface area (Å²) in [6.07, 6.45) is 1.02. The van der Waals surface area contributed by atoms with Gasteiger partial charge in [-0.15, -0.1) is 0 Å². The van der Waals surface area contributed by atoms with Crippen molar-refractivity contribution in [3.8, 4) is 23.0 Å². The maximum Gasteiger partial charge on any atom is 0.303 e. The van der Waals surface area contributed by atoms with E-state index in [1.54, 1.807) is 12.1 Å². The molecule has 0 saturated carbocycles. The SMILES string of the molecule is CC(C)(C)c1cc(O)ccc1O.CC(C)(C)c1cc(O)ccc1O.CCCC(=O)O. The Morgan fingerprint density at radius 2 is 1.07 bits per heavy atom. The van der Waals surface area contributed by atoms with E-state index in [-0.39, 0.29) is 33.8 Å². The van der Waals surface area contributed by atoms with E-state index in [1.165, 1.54) is 24.3 Å². The van der Waals surface area contributed by atoms with Crippen LogP contribution in [0.15, 0.2) is 36.4 Å². The van der Waals surface area contributed by atoms with Crippen LogP contribution >= 0.6 is 0 Å². The maximum absolute atomic E-state index is 9.60. The first-order valence-electron chi connectivity index (χ1n) is 9.86. The Morgan fingerprint density at radius 3 is 1.23 bits per heavy atom. The molecule has 6 nitrogen and oxygen atoms in total. The predicted molar refractivity (Wildman–Crippen MR) is 119 cm³/mol. The first-order chi connectivity index (χ1) is 13.6. The molecule has 0 aromatic heterocycles. The molecule has 0 radical (unpaired) electrons. The van der Waals surface area contributed by atoms with Gasteiger partial charge in [0.1, 0.15) is 23.0 Å². The van der Waals surface area contributed by atoms with Gasteiger partial charge in [-0.1, -0.05) is 48.5 Å². The fourth-order valence-corrected chi connectivity index (χ4v) is 2.46. The number of rotatable bonds is 2. The number of hydrogen-bond donors (Lipinski definition) is 5. The Morgan fingerprint density at radius 1 is 0.733 bits per heavy atom. The molecule has 5 N–H and O–H groups in total. The fraction of sp³-hybridized carbons (Fsp3) is 0.458. The van der Waals surface area contributed by atoms with E-state index in [4.69, 9.17) is 5.11 Å². The minimum atomic E-state index is -0.711. The minimum absolute atomic E-state index is 0.136. The molecule has 0 bridgehead atoms. The fourth-order valence-electron chi connectivity index (χ4n) is 2.46. The number of phenols is 4. The number of carboxylic acids is 1. The van der Waals surface area contributed by atoms with E-state index in [0.717, 1.165) is 17.5 Å². The zero-order chi connectivity index (χ0) is 23.7. The molecular weight excluding hydrogens is 384 g/mol. The number of aromatic hydroxyl groups is 4. The van der Waals surface area contributed by atoms with Crippen LogP contribution in [-0.4, -0.2) is 31.5 Å². The van der Waals surface area contributed by atoms with Gasteiger partial charge in [-0.3, -0.25) is 4.79 Å². The number of carboxylic acid groups (broad SMARTS) is 1. The molecule has 0 unspecified atom stereocenters. The standard InChI is InChI=1S/2C10H14O2.C4H8O2/c2*1-10(2,3)8-6-7(11)4-5-9(8)12;1-2-3-4(5)6/h2*4-6,11-12H,1-3H3;2-3H2,1H3,(H,5,6). The summed E-state index contributed by atoms with van der Waals surface area (Å²) >= 11 is 0. The lowest BCUT2D eigenvalue weighted by molar-refractivity contribution is -0.137. The summed E-state index contributed by atoms with van der Waals surface area (Å²) in [5.41, 5.74) is 1.26. The normalized spacial score (nSPS) is 10.9. The van der Waals surface area contributed by atoms with Gasteiger partial charge < -0.3 is 25.5 Å². The molecule has 0 spiro atoms. The van der Waals surface area contributed by atoms with E-state index >= 15 is 0 Å². The van der Waals surface area contributed by atoms with Gasteiger partial charge >= 0.3 is 5.97 Å². The number of hydrogen-bond acceptors (Lipinski definition) is 5. The quantitative estimate of drug-likeness (QED) is 0.400. The summed E-state index contributed by atoms with van der Waals surface area (Å²) in [5, 5.41) is 45.2. The average molecular weight is 421 g/mol. The summed E-state index contributed by atoms with van der Waals surface area (Å²) in [7, 11) is 0. The van der Waals surface area contributed by atoms with E-state index in [9.17, 15) is 25.2 Å². The van der Waals surface area contributed by atoms with Gasteiger partial charge in [0.15, 0.2) is 0 Å². The lowest BCUT2D eigenvalue weighted by Crippen LogP contribution is -2.10. The van der Waals surface area contributed by atoms with Gasteiger partial charge in [0.25, 0.3) is 0 Å². The van der Waals surface area contributed by atoms with Gasteiger partial charge in [0.2, 0.25) is 0 Å². The Labute approximate surface area is 179 Å². The highest BCUT2D eigenvalue weighted by Gasteiger charge is 2.18. The summed E-state index contributed by atoms with van der Waals surface area (Å²) in [6.45, 7) is 13.8. The van der Waals surface area contributed by atoms with Gasteiger partial charge in [-0.05, 0) is 53.6 Å². The molecule has 0 amide bonds. The van der Waals surface area contributed by atoms with Crippen LogP contribution in [0.2, 0.25) is 0 Å². The monoisotopic (exact) mass is 420 g/mol. The third-order valence-electron chi connectivity index (χ3n) is 4.04. The smallest absolute Gasteiger partial charge is 0.303 e. The van der Waals surface area contributed by atoms with Crippen LogP contribution in [0.1, 0.15) is 72.4 Å². The molecule has 2 aromatic carbocycles. The molecule has 6 heteroatoms. The Bertz CT molecular complexity index is 752. The third kappa shape index (κ3) is 10.0. The second-order valence-electron chi connectivity index (χ2n) is 9.05. The Kier molecular flexibility index (Phi) is 10.2. The Hall–Kier alpha value is -2.89. The second kappa shape index (κ2) is 11.3. The van der Waals surface area contributed by atoms with Crippen molar-refractivity contribution in [1.82, 2.24) is 0 Å². The molecule has 0 heterocycles. The number of aliphatic carboxylic acids is 1. The number of benzene rings is 2. The molecule has 0 aliphatic heterocycles. The highest BCUT2D eigenvalue weighted by atomic mass is 16.4. The van der Waals surface area contributed by atoms with Crippen LogP contribution < -0.4 is 0 Å². The summed E-state index contributed by atoms with van der Waals surface area (Å²) in [6, 6.07) is 9.16. The van der Waals surface area contributed by atoms with Crippen molar-refractivity contribution in [3.05, 3.63) is 47.5 Å². The summed E-state index contributed by atoms with van der Waals surface area (Å²) < 4.78 is 0. The molecule has 0 aliphatic carbocycles. The van der Waals surface area contributed by atoms with Crippen molar-refractivity contribution in [2.75, 3.05) is 0 Å². The zero-order valence-electron chi connectivity index (χ0n) is 19.0. The third-order valence-corrected chi connectivity index (χ3v) is 4.04. The molecular formula is C24H36O6. The van der Waals surface area contributed by atoms with Crippen LogP contribution in [-0.2, 0) is 15.6 Å². The van der Waals surface area contributed by atoms with Gasteiger partial charge in [-0.2, -0.15) is 0 Å². The van der Waals surface area contributed by atoms with Crippen molar-refractivity contribution in [2.45, 2.75) is 72.1 Å². The second-order valence-corrected chi connectivity index (χ2v) is 9.05. The lowest BCUT2D eigenvalue weighted by atomic mass is 9.86. The van der Waals surface area contributed by atoms with Gasteiger partial charge in [-0.25, -0.2) is 0 Å². The van der Waals surface area contributed by atoms with E-state index in [0.29, 0.717) is 6.42 Å². The van der Waals surface area contributed by atoms with E-state index in [1.807, 2.05) is 48.5 Å². The van der Waals surface area contributed by atoms with Crippen molar-refractivity contribution in [1.29, 1.82) is 0 Å². The molecule has 0 fully saturated rings. The highest BCUT2D eigenvalue weighted by molar-refractivity contribution is 5.66. The first kappa shape index (κ1) is 27.1. The van der Waals surface area contributed by atoms with Crippen molar-refractivity contribution in [3.63, 3.8) is 0 Å². The molecule has 0 aliphatic rings. The largest absolute Gasteiger partial charge is 0.508 e. The minimum Gasteiger partial charge on any atom is -0.508 e. The van der Waals surface area contributed by atoms with Gasteiger partial charge in [0, 0.05) is 17.5 Å². The molecule has 168 valence electrons. The van der Waals surface area contributed by atoms with Crippen LogP contribution in [0.5, 0.6) is 23.0 Å². The number of carbonyl (C=O) groups is 1. The maximum atomic E-state index is 9.60. The molecule has 30 heavy (non-hydrogen) atoms. The molecule has 0 atom stereocenters. The Balaban J connectivity index is 0.000000447. The van der Waals surface area contributed by atoms with Crippen LogP contribution in [0.3, 0.4) is 0 Å². The molecule has 2 aromatic rings. The summed E-state index contributed by atoms with van der Waals surface area (Å²) in [5.74, 6) is 0.147. The predicted octanol–water partition coefficient (Wildman–Crippen LogP) is 5.66. The van der Waals surface area contributed by atoms with Crippen LogP contribution in [0, 0.1) is 0 Å². The summed E-state index contributed by atoms with van der Waals surface area (Å²) in [4.78, 5) is 9.60. The molecule has 2 rings (SSSR count). The van der Waals surface area contributed by atoms with E-state index in [2.05, 4.69) is 0 Å². The average Bonchev–Trinajstić information content (AvgIpc) is 2.58. The van der Waals surface area contributed by atoms with Gasteiger partial charge in [0.05, 0.1) is 0 Å². The zero-order valence-corrected chi connectivity index (χ0v) is 19.0. The van der Waals surface area contributed by atoms with Crippen molar-refractivity contribution >= 4 is 5.97 Å².